The smallest absolute Gasteiger partial charge is 0.274 e. The summed E-state index contributed by atoms with van der Waals surface area (Å²) in [4.78, 5) is 16.4. The molecule has 0 radical (unpaired) electrons. The van der Waals surface area contributed by atoms with E-state index in [1.54, 1.807) is 24.4 Å². The molecule has 0 aliphatic carbocycles. The molecule has 3 rings (SSSR count). The molecule has 3 aromatic rings. The van der Waals surface area contributed by atoms with E-state index in [9.17, 15) is 4.79 Å². The molecule has 0 bridgehead atoms. The molecule has 0 saturated carbocycles. The van der Waals surface area contributed by atoms with Gasteiger partial charge in [-0.3, -0.25) is 4.79 Å². The highest BCUT2D eigenvalue weighted by atomic mass is 35.5. The molecule has 1 amide bonds. The normalized spacial score (nSPS) is 10.2. The topological polar surface area (TPSA) is 54.0 Å². The maximum Gasteiger partial charge on any atom is 0.274 e. The van der Waals surface area contributed by atoms with Crippen molar-refractivity contribution in [3.63, 3.8) is 0 Å². The van der Waals surface area contributed by atoms with E-state index in [1.165, 1.54) is 5.56 Å². The maximum absolute atomic E-state index is 12.2. The van der Waals surface area contributed by atoms with Crippen molar-refractivity contribution < 1.29 is 4.79 Å². The quantitative estimate of drug-likeness (QED) is 0.715. The van der Waals surface area contributed by atoms with Crippen molar-refractivity contribution in [3.8, 4) is 0 Å². The molecule has 24 heavy (non-hydrogen) atoms. The van der Waals surface area contributed by atoms with Gasteiger partial charge in [0.05, 0.1) is 22.6 Å². The first-order chi connectivity index (χ1) is 11.7. The van der Waals surface area contributed by atoms with Crippen molar-refractivity contribution in [1.29, 1.82) is 0 Å². The van der Waals surface area contributed by atoms with Gasteiger partial charge in [0.2, 0.25) is 0 Å². The Bertz CT molecular complexity index is 820. The van der Waals surface area contributed by atoms with Gasteiger partial charge < -0.3 is 10.6 Å². The van der Waals surface area contributed by atoms with E-state index in [0.717, 1.165) is 5.69 Å². The lowest BCUT2D eigenvalue weighted by Gasteiger charge is -2.08. The average Bonchev–Trinajstić information content (AvgIpc) is 2.63. The molecule has 4 nitrogen and oxygen atoms in total. The minimum atomic E-state index is -0.294. The number of hydrogen-bond acceptors (Lipinski definition) is 3. The van der Waals surface area contributed by atoms with Gasteiger partial charge in [-0.05, 0) is 29.8 Å². The van der Waals surface area contributed by atoms with Crippen LogP contribution >= 0.6 is 11.6 Å². The van der Waals surface area contributed by atoms with Crippen molar-refractivity contribution in [2.75, 3.05) is 10.6 Å². The van der Waals surface area contributed by atoms with E-state index in [4.69, 9.17) is 11.6 Å². The first kappa shape index (κ1) is 16.0. The molecule has 0 fully saturated rings. The number of hydrogen-bond donors (Lipinski definition) is 2. The number of amides is 1. The van der Waals surface area contributed by atoms with E-state index in [-0.39, 0.29) is 5.91 Å². The van der Waals surface area contributed by atoms with E-state index in [1.807, 2.05) is 48.5 Å². The summed E-state index contributed by atoms with van der Waals surface area (Å²) in [6, 6.07) is 20.7. The molecule has 1 aromatic heterocycles. The van der Waals surface area contributed by atoms with Gasteiger partial charge in [-0.2, -0.15) is 0 Å². The van der Waals surface area contributed by atoms with Crippen LogP contribution in [0.1, 0.15) is 16.1 Å². The summed E-state index contributed by atoms with van der Waals surface area (Å²) in [5.41, 5.74) is 2.93. The van der Waals surface area contributed by atoms with Gasteiger partial charge in [0, 0.05) is 6.54 Å². The van der Waals surface area contributed by atoms with E-state index in [0.29, 0.717) is 22.9 Å². The van der Waals surface area contributed by atoms with Gasteiger partial charge >= 0.3 is 0 Å². The van der Waals surface area contributed by atoms with Crippen molar-refractivity contribution >= 4 is 28.9 Å². The van der Waals surface area contributed by atoms with E-state index < -0.39 is 0 Å². The Morgan fingerprint density at radius 1 is 0.958 bits per heavy atom. The predicted molar refractivity (Wildman–Crippen MR) is 97.4 cm³/mol. The largest absolute Gasteiger partial charge is 0.380 e. The SMILES string of the molecule is O=C(Nc1ccccc1Cl)c1ccc(NCc2ccccc2)cn1. The Morgan fingerprint density at radius 2 is 1.71 bits per heavy atom. The zero-order valence-electron chi connectivity index (χ0n) is 12.9. The number of carbonyl (C=O) groups is 1. The van der Waals surface area contributed by atoms with Gasteiger partial charge in [0.25, 0.3) is 5.91 Å². The Morgan fingerprint density at radius 3 is 2.42 bits per heavy atom. The number of aromatic nitrogens is 1. The average molecular weight is 338 g/mol. The highest BCUT2D eigenvalue weighted by Gasteiger charge is 2.09. The van der Waals surface area contributed by atoms with Crippen LogP contribution < -0.4 is 10.6 Å². The summed E-state index contributed by atoms with van der Waals surface area (Å²) >= 11 is 6.04. The lowest BCUT2D eigenvalue weighted by Crippen LogP contribution is -2.14. The zero-order chi connectivity index (χ0) is 16.8. The third-order valence-electron chi connectivity index (χ3n) is 3.46. The van der Waals surface area contributed by atoms with Crippen molar-refractivity contribution in [3.05, 3.63) is 89.2 Å². The summed E-state index contributed by atoms with van der Waals surface area (Å²) in [5.74, 6) is -0.294. The van der Waals surface area contributed by atoms with Gasteiger partial charge in [-0.25, -0.2) is 4.98 Å². The molecular formula is C19H16ClN3O. The van der Waals surface area contributed by atoms with Crippen LogP contribution in [0.15, 0.2) is 72.9 Å². The second-order valence-electron chi connectivity index (χ2n) is 5.21. The van der Waals surface area contributed by atoms with E-state index >= 15 is 0 Å². The van der Waals surface area contributed by atoms with Crippen molar-refractivity contribution in [2.24, 2.45) is 0 Å². The standard InChI is InChI=1S/C19H16ClN3O/c20-16-8-4-5-9-17(16)23-19(24)18-11-10-15(13-22-18)21-12-14-6-2-1-3-7-14/h1-11,13,21H,12H2,(H,23,24). The van der Waals surface area contributed by atoms with Crippen molar-refractivity contribution in [2.45, 2.75) is 6.54 Å². The van der Waals surface area contributed by atoms with Crippen LogP contribution in [0.4, 0.5) is 11.4 Å². The molecule has 120 valence electrons. The van der Waals surface area contributed by atoms with Crippen LogP contribution in [0.3, 0.4) is 0 Å². The van der Waals surface area contributed by atoms with E-state index in [2.05, 4.69) is 15.6 Å². The van der Waals surface area contributed by atoms with Crippen LogP contribution in [-0.4, -0.2) is 10.9 Å². The van der Waals surface area contributed by atoms with Crippen LogP contribution in [0.2, 0.25) is 5.02 Å². The summed E-state index contributed by atoms with van der Waals surface area (Å²) in [6.07, 6.45) is 1.64. The van der Waals surface area contributed by atoms with Crippen LogP contribution in [0.5, 0.6) is 0 Å². The first-order valence-electron chi connectivity index (χ1n) is 7.52. The molecule has 2 aromatic carbocycles. The summed E-state index contributed by atoms with van der Waals surface area (Å²) in [5, 5.41) is 6.51. The molecule has 0 aliphatic rings. The fourth-order valence-electron chi connectivity index (χ4n) is 2.18. The van der Waals surface area contributed by atoms with Crippen LogP contribution in [0, 0.1) is 0 Å². The predicted octanol–water partition coefficient (Wildman–Crippen LogP) is 4.60. The third kappa shape index (κ3) is 4.12. The third-order valence-corrected chi connectivity index (χ3v) is 3.79. The number of benzene rings is 2. The number of halogens is 1. The molecule has 1 heterocycles. The minimum Gasteiger partial charge on any atom is -0.380 e. The van der Waals surface area contributed by atoms with Crippen LogP contribution in [0.25, 0.3) is 0 Å². The molecular weight excluding hydrogens is 322 g/mol. The monoisotopic (exact) mass is 337 g/mol. The number of anilines is 2. The lowest BCUT2D eigenvalue weighted by molar-refractivity contribution is 0.102. The summed E-state index contributed by atoms with van der Waals surface area (Å²) < 4.78 is 0. The first-order valence-corrected chi connectivity index (χ1v) is 7.90. The molecule has 0 atom stereocenters. The second kappa shape index (κ2) is 7.62. The zero-order valence-corrected chi connectivity index (χ0v) is 13.6. The number of para-hydroxylation sites is 1. The van der Waals surface area contributed by atoms with Gasteiger partial charge in [-0.15, -0.1) is 0 Å². The molecule has 0 spiro atoms. The number of carbonyl (C=O) groups excluding carboxylic acids is 1. The molecule has 2 N–H and O–H groups in total. The highest BCUT2D eigenvalue weighted by molar-refractivity contribution is 6.33. The van der Waals surface area contributed by atoms with Crippen molar-refractivity contribution in [1.82, 2.24) is 4.98 Å². The summed E-state index contributed by atoms with van der Waals surface area (Å²) in [7, 11) is 0. The molecule has 5 heteroatoms. The Labute approximate surface area is 145 Å². The van der Waals surface area contributed by atoms with Gasteiger partial charge in [0.15, 0.2) is 0 Å². The molecule has 0 saturated heterocycles. The molecule has 0 aliphatic heterocycles. The Hall–Kier alpha value is -2.85. The second-order valence-corrected chi connectivity index (χ2v) is 5.61. The minimum absolute atomic E-state index is 0.294. The summed E-state index contributed by atoms with van der Waals surface area (Å²) in [6.45, 7) is 0.702. The van der Waals surface area contributed by atoms with Gasteiger partial charge in [0.1, 0.15) is 5.69 Å². The fourth-order valence-corrected chi connectivity index (χ4v) is 2.36. The van der Waals surface area contributed by atoms with Crippen LogP contribution in [-0.2, 0) is 6.54 Å². The number of rotatable bonds is 5. The molecule has 0 unspecified atom stereocenters. The highest BCUT2D eigenvalue weighted by Crippen LogP contribution is 2.21. The number of nitrogens with one attached hydrogen (secondary N) is 2. The number of nitrogens with zero attached hydrogens (tertiary/aromatic N) is 1. The number of pyridine rings is 1. The Kier molecular flexibility index (Phi) is 5.08. The Balaban J connectivity index is 1.61. The van der Waals surface area contributed by atoms with Gasteiger partial charge in [-0.1, -0.05) is 54.1 Å². The fraction of sp³-hybridized carbons (Fsp3) is 0.0526. The lowest BCUT2D eigenvalue weighted by atomic mass is 10.2. The maximum atomic E-state index is 12.2.